The molecule has 1 heterocycles. The molecular formula is C22H19ClFN3O. The first-order valence-electron chi connectivity index (χ1n) is 8.93. The van der Waals surface area contributed by atoms with Crippen LogP contribution in [-0.4, -0.2) is 15.6 Å². The maximum Gasteiger partial charge on any atom is 0.141 e. The van der Waals surface area contributed by atoms with E-state index in [-0.39, 0.29) is 11.3 Å². The highest BCUT2D eigenvalue weighted by Gasteiger charge is 2.18. The van der Waals surface area contributed by atoms with Crippen molar-refractivity contribution in [1.29, 1.82) is 5.26 Å². The van der Waals surface area contributed by atoms with Gasteiger partial charge in [0.25, 0.3) is 0 Å². The molecule has 1 aromatic heterocycles. The number of halogens is 2. The summed E-state index contributed by atoms with van der Waals surface area (Å²) < 4.78 is 15.6. The Bertz CT molecular complexity index is 1070. The molecule has 0 aliphatic rings. The average molecular weight is 396 g/mol. The number of nitrogens with zero attached hydrogens (tertiary/aromatic N) is 3. The molecule has 0 saturated carbocycles. The second-order valence-corrected chi connectivity index (χ2v) is 7.14. The van der Waals surface area contributed by atoms with Crippen LogP contribution in [0.4, 0.5) is 4.39 Å². The van der Waals surface area contributed by atoms with Gasteiger partial charge in [0.1, 0.15) is 17.7 Å². The fraction of sp³-hybridized carbons (Fsp3) is 0.227. The molecule has 4 nitrogen and oxygen atoms in total. The van der Waals surface area contributed by atoms with Gasteiger partial charge in [-0.05, 0) is 55.3 Å². The Morgan fingerprint density at radius 3 is 2.75 bits per heavy atom. The topological polar surface area (TPSA) is 58.7 Å². The lowest BCUT2D eigenvalue weighted by Crippen LogP contribution is -2.12. The number of hydrogen-bond donors (Lipinski definition) is 0. The van der Waals surface area contributed by atoms with Gasteiger partial charge in [-0.3, -0.25) is 4.79 Å². The average Bonchev–Trinajstić information content (AvgIpc) is 3.06. The van der Waals surface area contributed by atoms with Gasteiger partial charge < -0.3 is 0 Å². The number of benzene rings is 2. The molecule has 0 aliphatic carbocycles. The van der Waals surface area contributed by atoms with Gasteiger partial charge in [-0.15, -0.1) is 0 Å². The molecule has 0 spiro atoms. The Labute approximate surface area is 168 Å². The predicted molar refractivity (Wildman–Crippen MR) is 106 cm³/mol. The molecule has 0 N–H and O–H groups in total. The van der Waals surface area contributed by atoms with Gasteiger partial charge in [-0.2, -0.15) is 10.4 Å². The van der Waals surface area contributed by atoms with E-state index in [1.807, 2.05) is 31.2 Å². The molecule has 28 heavy (non-hydrogen) atoms. The van der Waals surface area contributed by atoms with E-state index in [1.165, 1.54) is 12.1 Å². The zero-order chi connectivity index (χ0) is 20.3. The van der Waals surface area contributed by atoms with Crippen LogP contribution in [0.3, 0.4) is 0 Å². The summed E-state index contributed by atoms with van der Waals surface area (Å²) in [6.07, 6.45) is 0.809. The fourth-order valence-electron chi connectivity index (χ4n) is 3.11. The number of Topliss-reactive ketones (excluding diaryl/α,β-unsaturated/α-hetero) is 1. The molecule has 0 radical (unpaired) electrons. The van der Waals surface area contributed by atoms with E-state index in [2.05, 4.69) is 5.10 Å². The molecule has 0 saturated heterocycles. The standard InChI is InChI=1S/C22H19ClFN3O/c1-14-10-20(27(26-14)19-5-3-4-18(23)12-19)8-9-22(28)15(2)16-6-7-17(13-25)21(24)11-16/h3-7,10-12,15H,8-9H2,1-2H3. The van der Waals surface area contributed by atoms with Crippen molar-refractivity contribution in [3.63, 3.8) is 0 Å². The van der Waals surface area contributed by atoms with Crippen molar-refractivity contribution in [3.8, 4) is 11.8 Å². The number of rotatable bonds is 6. The lowest BCUT2D eigenvalue weighted by atomic mass is 9.93. The van der Waals surface area contributed by atoms with Crippen LogP contribution in [0.25, 0.3) is 5.69 Å². The Hall–Kier alpha value is -2.97. The Kier molecular flexibility index (Phi) is 5.91. The molecule has 142 valence electrons. The number of hydrogen-bond acceptors (Lipinski definition) is 3. The lowest BCUT2D eigenvalue weighted by Gasteiger charge is -2.12. The van der Waals surface area contributed by atoms with Crippen LogP contribution in [0.1, 0.15) is 41.8 Å². The smallest absolute Gasteiger partial charge is 0.141 e. The minimum absolute atomic E-state index is 0.000560. The lowest BCUT2D eigenvalue weighted by molar-refractivity contribution is -0.120. The third-order valence-corrected chi connectivity index (χ3v) is 4.92. The van der Waals surface area contributed by atoms with Crippen LogP contribution < -0.4 is 0 Å². The van der Waals surface area contributed by atoms with E-state index in [0.717, 1.165) is 17.1 Å². The van der Waals surface area contributed by atoms with Crippen molar-refractivity contribution in [1.82, 2.24) is 9.78 Å². The molecule has 0 aliphatic heterocycles. The number of aryl methyl sites for hydroxylation is 2. The summed E-state index contributed by atoms with van der Waals surface area (Å²) in [7, 11) is 0. The van der Waals surface area contributed by atoms with Gasteiger partial charge in [0.15, 0.2) is 0 Å². The Balaban J connectivity index is 1.75. The maximum atomic E-state index is 13.8. The minimum atomic E-state index is -0.602. The van der Waals surface area contributed by atoms with Gasteiger partial charge >= 0.3 is 0 Å². The van der Waals surface area contributed by atoms with E-state index >= 15 is 0 Å². The van der Waals surface area contributed by atoms with Crippen molar-refractivity contribution in [2.24, 2.45) is 0 Å². The molecule has 0 amide bonds. The molecule has 1 unspecified atom stereocenters. The summed E-state index contributed by atoms with van der Waals surface area (Å²) >= 11 is 6.08. The van der Waals surface area contributed by atoms with Crippen LogP contribution in [0, 0.1) is 24.1 Å². The summed E-state index contributed by atoms with van der Waals surface area (Å²) in [6.45, 7) is 3.65. The van der Waals surface area contributed by atoms with Gasteiger partial charge in [-0.1, -0.05) is 30.7 Å². The first-order chi connectivity index (χ1) is 13.4. The number of carbonyl (C=O) groups is 1. The second kappa shape index (κ2) is 8.37. The number of aromatic nitrogens is 2. The monoisotopic (exact) mass is 395 g/mol. The molecule has 0 fully saturated rings. The SMILES string of the molecule is Cc1cc(CCC(=O)C(C)c2ccc(C#N)c(F)c2)n(-c2cccc(Cl)c2)n1. The van der Waals surface area contributed by atoms with Crippen LogP contribution in [0.15, 0.2) is 48.5 Å². The van der Waals surface area contributed by atoms with Crippen LogP contribution in [0.5, 0.6) is 0 Å². The van der Waals surface area contributed by atoms with Gasteiger partial charge in [0, 0.05) is 23.1 Å². The highest BCUT2D eigenvalue weighted by Crippen LogP contribution is 2.23. The third kappa shape index (κ3) is 4.29. The van der Waals surface area contributed by atoms with Crippen LogP contribution >= 0.6 is 11.6 Å². The molecule has 0 bridgehead atoms. The summed E-state index contributed by atoms with van der Waals surface area (Å²) in [4.78, 5) is 12.7. The quantitative estimate of drug-likeness (QED) is 0.579. The summed E-state index contributed by atoms with van der Waals surface area (Å²) in [5, 5.41) is 13.9. The zero-order valence-electron chi connectivity index (χ0n) is 15.6. The maximum absolute atomic E-state index is 13.8. The molecule has 3 rings (SSSR count). The van der Waals surface area contributed by atoms with E-state index < -0.39 is 11.7 Å². The number of ketones is 1. The summed E-state index contributed by atoms with van der Waals surface area (Å²) in [6, 6.07) is 15.4. The van der Waals surface area contributed by atoms with Crippen molar-refractivity contribution in [2.75, 3.05) is 0 Å². The zero-order valence-corrected chi connectivity index (χ0v) is 16.4. The van der Waals surface area contributed by atoms with E-state index in [9.17, 15) is 9.18 Å². The van der Waals surface area contributed by atoms with E-state index in [4.69, 9.17) is 16.9 Å². The van der Waals surface area contributed by atoms with Gasteiger partial charge in [-0.25, -0.2) is 9.07 Å². The fourth-order valence-corrected chi connectivity index (χ4v) is 3.29. The van der Waals surface area contributed by atoms with E-state index in [1.54, 1.807) is 29.8 Å². The predicted octanol–water partition coefficient (Wildman–Crippen LogP) is 5.15. The number of nitriles is 1. The molecular weight excluding hydrogens is 377 g/mol. The van der Waals surface area contributed by atoms with Crippen LogP contribution in [-0.2, 0) is 11.2 Å². The molecule has 6 heteroatoms. The van der Waals surface area contributed by atoms with E-state index in [0.29, 0.717) is 23.4 Å². The second-order valence-electron chi connectivity index (χ2n) is 6.71. The van der Waals surface area contributed by atoms with Gasteiger partial charge in [0.05, 0.1) is 16.9 Å². The number of carbonyl (C=O) groups excluding carboxylic acids is 1. The van der Waals surface area contributed by atoms with Crippen molar-refractivity contribution < 1.29 is 9.18 Å². The Morgan fingerprint density at radius 1 is 1.29 bits per heavy atom. The highest BCUT2D eigenvalue weighted by molar-refractivity contribution is 6.30. The largest absolute Gasteiger partial charge is 0.299 e. The third-order valence-electron chi connectivity index (χ3n) is 4.68. The minimum Gasteiger partial charge on any atom is -0.299 e. The van der Waals surface area contributed by atoms with Gasteiger partial charge in [0.2, 0.25) is 0 Å². The van der Waals surface area contributed by atoms with Crippen molar-refractivity contribution in [3.05, 3.63) is 81.9 Å². The normalized spacial score (nSPS) is 11.8. The van der Waals surface area contributed by atoms with Crippen molar-refractivity contribution >= 4 is 17.4 Å². The molecule has 3 aromatic rings. The van der Waals surface area contributed by atoms with Crippen LogP contribution in [0.2, 0.25) is 5.02 Å². The molecule has 1 atom stereocenters. The molecule has 2 aromatic carbocycles. The Morgan fingerprint density at radius 2 is 2.07 bits per heavy atom. The first-order valence-corrected chi connectivity index (χ1v) is 9.30. The van der Waals surface area contributed by atoms with Crippen molar-refractivity contribution in [2.45, 2.75) is 32.6 Å². The first kappa shape index (κ1) is 19.8. The summed E-state index contributed by atoms with van der Waals surface area (Å²) in [5.74, 6) is -1.05. The summed E-state index contributed by atoms with van der Waals surface area (Å²) in [5.41, 5.74) is 3.14. The highest BCUT2D eigenvalue weighted by atomic mass is 35.5.